The molecular weight excluding hydrogens is 267 g/mol. The Morgan fingerprint density at radius 1 is 1.43 bits per heavy atom. The molecule has 0 saturated heterocycles. The maximum Gasteiger partial charge on any atom is 0.133 e. The Kier molecular flexibility index (Phi) is 4.33. The van der Waals surface area contributed by atoms with Crippen LogP contribution in [-0.2, 0) is 0 Å². The number of fused-ring (bicyclic) bond motifs is 1. The fraction of sp³-hybridized carbons (Fsp3) is 0.125. The van der Waals surface area contributed by atoms with E-state index in [1.807, 2.05) is 13.0 Å². The van der Waals surface area contributed by atoms with Crippen LogP contribution >= 0.6 is 0 Å². The van der Waals surface area contributed by atoms with Gasteiger partial charge in [-0.3, -0.25) is 5.01 Å². The molecule has 1 aromatic heterocycles. The molecule has 0 aliphatic carbocycles. The van der Waals surface area contributed by atoms with Crippen molar-refractivity contribution in [3.05, 3.63) is 54.8 Å². The molecule has 108 valence electrons. The predicted octanol–water partition coefficient (Wildman–Crippen LogP) is 3.84. The van der Waals surface area contributed by atoms with Gasteiger partial charge in [0.2, 0.25) is 0 Å². The molecule has 21 heavy (non-hydrogen) atoms. The Morgan fingerprint density at radius 2 is 2.19 bits per heavy atom. The van der Waals surface area contributed by atoms with Gasteiger partial charge in [0.05, 0.1) is 0 Å². The van der Waals surface area contributed by atoms with E-state index in [1.54, 1.807) is 24.3 Å². The molecule has 0 spiro atoms. The summed E-state index contributed by atoms with van der Waals surface area (Å²) in [7, 11) is 1.77. The molecule has 1 aromatic carbocycles. The van der Waals surface area contributed by atoms with Crippen molar-refractivity contribution in [3.63, 3.8) is 0 Å². The highest BCUT2D eigenvalue weighted by molar-refractivity contribution is 5.88. The van der Waals surface area contributed by atoms with Gasteiger partial charge in [-0.15, -0.1) is 0 Å². The highest BCUT2D eigenvalue weighted by Gasteiger charge is 2.07. The Labute approximate surface area is 123 Å². The van der Waals surface area contributed by atoms with Gasteiger partial charge in [-0.05, 0) is 47.8 Å². The average Bonchev–Trinajstić information content (AvgIpc) is 2.47. The summed E-state index contributed by atoms with van der Waals surface area (Å²) in [6.45, 7) is 8.92. The van der Waals surface area contributed by atoms with Crippen molar-refractivity contribution in [2.75, 3.05) is 12.4 Å². The van der Waals surface area contributed by atoms with Crippen LogP contribution < -0.4 is 5.32 Å². The molecule has 0 fully saturated rings. The molecule has 0 bridgehead atoms. The number of hydrazone groups is 1. The lowest BCUT2D eigenvalue weighted by Gasteiger charge is -2.10. The number of benzene rings is 1. The monoisotopic (exact) mass is 284 g/mol. The van der Waals surface area contributed by atoms with E-state index in [-0.39, 0.29) is 5.82 Å². The average molecular weight is 284 g/mol. The molecule has 0 radical (unpaired) electrons. The van der Waals surface area contributed by atoms with Gasteiger partial charge in [0, 0.05) is 31.5 Å². The van der Waals surface area contributed by atoms with Crippen molar-refractivity contribution < 1.29 is 4.39 Å². The van der Waals surface area contributed by atoms with Crippen LogP contribution in [0.25, 0.3) is 16.3 Å². The molecule has 1 N–H and O–H groups in total. The SMILES string of the molecule is C=CNc1cc2cc(/C(C)=C/N(C)N=C)cc(F)c2cn1. The maximum absolute atomic E-state index is 14.2. The summed E-state index contributed by atoms with van der Waals surface area (Å²) >= 11 is 0. The van der Waals surface area contributed by atoms with Crippen LogP contribution in [0.4, 0.5) is 10.2 Å². The van der Waals surface area contributed by atoms with E-state index < -0.39 is 0 Å². The van der Waals surface area contributed by atoms with Crippen LogP contribution in [0, 0.1) is 5.82 Å². The number of anilines is 1. The lowest BCUT2D eigenvalue weighted by Crippen LogP contribution is -2.00. The molecule has 0 aliphatic heterocycles. The number of nitrogens with zero attached hydrogens (tertiary/aromatic N) is 3. The van der Waals surface area contributed by atoms with Crippen LogP contribution in [-0.4, -0.2) is 23.8 Å². The molecule has 2 aromatic rings. The molecule has 2 rings (SSSR count). The van der Waals surface area contributed by atoms with Gasteiger partial charge >= 0.3 is 0 Å². The minimum Gasteiger partial charge on any atom is -0.347 e. The van der Waals surface area contributed by atoms with Crippen LogP contribution in [0.1, 0.15) is 12.5 Å². The van der Waals surface area contributed by atoms with Crippen molar-refractivity contribution in [2.24, 2.45) is 5.10 Å². The van der Waals surface area contributed by atoms with Crippen LogP contribution in [0.15, 0.2) is 48.5 Å². The molecule has 0 aliphatic rings. The first kappa shape index (κ1) is 14.7. The molecule has 5 heteroatoms. The third-order valence-corrected chi connectivity index (χ3v) is 3.10. The smallest absolute Gasteiger partial charge is 0.133 e. The normalized spacial score (nSPS) is 11.3. The maximum atomic E-state index is 14.2. The number of rotatable bonds is 5. The van der Waals surface area contributed by atoms with E-state index >= 15 is 0 Å². The second-order valence-electron chi connectivity index (χ2n) is 4.62. The third-order valence-electron chi connectivity index (χ3n) is 3.10. The van der Waals surface area contributed by atoms with Crippen molar-refractivity contribution in [2.45, 2.75) is 6.92 Å². The van der Waals surface area contributed by atoms with E-state index in [9.17, 15) is 4.39 Å². The topological polar surface area (TPSA) is 40.5 Å². The minimum atomic E-state index is -0.304. The number of nitrogens with one attached hydrogen (secondary N) is 1. The summed E-state index contributed by atoms with van der Waals surface area (Å²) in [6.07, 6.45) is 4.83. The molecule has 0 amide bonds. The zero-order chi connectivity index (χ0) is 15.4. The Balaban J connectivity index is 2.53. The first-order chi connectivity index (χ1) is 10.0. The van der Waals surface area contributed by atoms with Gasteiger partial charge in [-0.2, -0.15) is 5.10 Å². The number of halogens is 1. The first-order valence-electron chi connectivity index (χ1n) is 6.40. The van der Waals surface area contributed by atoms with Crippen LogP contribution in [0.2, 0.25) is 0 Å². The molecule has 1 heterocycles. The highest BCUT2D eigenvalue weighted by Crippen LogP contribution is 2.25. The first-order valence-corrected chi connectivity index (χ1v) is 6.40. The lowest BCUT2D eigenvalue weighted by molar-refractivity contribution is 0.496. The van der Waals surface area contributed by atoms with Gasteiger partial charge in [0.1, 0.15) is 11.6 Å². The summed E-state index contributed by atoms with van der Waals surface area (Å²) in [6, 6.07) is 5.19. The summed E-state index contributed by atoms with van der Waals surface area (Å²) in [5, 5.41) is 9.48. The van der Waals surface area contributed by atoms with Crippen molar-refractivity contribution >= 4 is 28.9 Å². The number of pyridine rings is 1. The van der Waals surface area contributed by atoms with Gasteiger partial charge in [-0.25, -0.2) is 9.37 Å². The number of hydrogen-bond donors (Lipinski definition) is 1. The highest BCUT2D eigenvalue weighted by atomic mass is 19.1. The summed E-state index contributed by atoms with van der Waals surface area (Å²) < 4.78 is 14.2. The fourth-order valence-corrected chi connectivity index (χ4v) is 2.02. The van der Waals surface area contributed by atoms with Crippen LogP contribution in [0.3, 0.4) is 0 Å². The van der Waals surface area contributed by atoms with Crippen molar-refractivity contribution in [3.8, 4) is 0 Å². The summed E-state index contributed by atoms with van der Waals surface area (Å²) in [4.78, 5) is 4.13. The standard InChI is InChI=1S/C16H17FN4/c1-5-19-16-8-13-6-12(11(2)10-21(4)18-3)7-15(17)14(13)9-20-16/h5-10H,1,3H2,2,4H3,(H,19,20)/b11-10+. The Hall–Kier alpha value is -2.69. The number of hydrogen-bond acceptors (Lipinski definition) is 4. The minimum absolute atomic E-state index is 0.304. The predicted molar refractivity (Wildman–Crippen MR) is 86.5 cm³/mol. The second kappa shape index (κ2) is 6.17. The molecule has 0 unspecified atom stereocenters. The second-order valence-corrected chi connectivity index (χ2v) is 4.62. The summed E-state index contributed by atoms with van der Waals surface area (Å²) in [5.74, 6) is 0.322. The van der Waals surface area contributed by atoms with E-state index in [2.05, 4.69) is 28.7 Å². The fourth-order valence-electron chi connectivity index (χ4n) is 2.02. The molecule has 0 saturated carbocycles. The van der Waals surface area contributed by atoms with Gasteiger partial charge in [-0.1, -0.05) is 6.58 Å². The van der Waals surface area contributed by atoms with Crippen molar-refractivity contribution in [1.29, 1.82) is 0 Å². The largest absolute Gasteiger partial charge is 0.347 e. The number of aromatic nitrogens is 1. The third kappa shape index (κ3) is 3.25. The molecular formula is C16H17FN4. The lowest BCUT2D eigenvalue weighted by atomic mass is 10.0. The molecule has 0 atom stereocenters. The van der Waals surface area contributed by atoms with E-state index in [1.165, 1.54) is 18.5 Å². The summed E-state index contributed by atoms with van der Waals surface area (Å²) in [5.41, 5.74) is 1.67. The van der Waals surface area contributed by atoms with E-state index in [0.29, 0.717) is 11.2 Å². The number of allylic oxidation sites excluding steroid dienone is 1. The van der Waals surface area contributed by atoms with Crippen LogP contribution in [0.5, 0.6) is 0 Å². The van der Waals surface area contributed by atoms with Gasteiger partial charge in [0.25, 0.3) is 0 Å². The Bertz CT molecular complexity index is 722. The zero-order valence-electron chi connectivity index (χ0n) is 12.1. The molecule has 4 nitrogen and oxygen atoms in total. The Morgan fingerprint density at radius 3 is 2.86 bits per heavy atom. The quantitative estimate of drug-likeness (QED) is 0.670. The van der Waals surface area contributed by atoms with Crippen molar-refractivity contribution in [1.82, 2.24) is 9.99 Å². The van der Waals surface area contributed by atoms with Gasteiger partial charge < -0.3 is 5.32 Å². The van der Waals surface area contributed by atoms with E-state index in [4.69, 9.17) is 0 Å². The van der Waals surface area contributed by atoms with Gasteiger partial charge in [0.15, 0.2) is 0 Å². The van der Waals surface area contributed by atoms with E-state index in [0.717, 1.165) is 16.5 Å². The zero-order valence-corrected chi connectivity index (χ0v) is 12.1.